The minimum Gasteiger partial charge on any atom is -0.479 e. The van der Waals surface area contributed by atoms with Crippen LogP contribution < -0.4 is 5.32 Å². The molecule has 0 radical (unpaired) electrons. The van der Waals surface area contributed by atoms with Gasteiger partial charge in [0.05, 0.1) is 11.2 Å². The van der Waals surface area contributed by atoms with Crippen LogP contribution in [0.4, 0.5) is 0 Å². The third-order valence-electron chi connectivity index (χ3n) is 5.77. The highest BCUT2D eigenvalue weighted by molar-refractivity contribution is 7.86. The zero-order valence-electron chi connectivity index (χ0n) is 18.7. The first-order valence-corrected chi connectivity index (χ1v) is 12.1. The maximum atomic E-state index is 12.4. The molecule has 0 spiro atoms. The smallest absolute Gasteiger partial charge is 0.336 e. The number of hydrogen-bond donors (Lipinski definition) is 3. The Morgan fingerprint density at radius 3 is 2.19 bits per heavy atom. The Hall–Kier alpha value is -1.72. The number of carbonyl (C=O) groups excluding carboxylic acids is 2. The molecule has 11 heteroatoms. The van der Waals surface area contributed by atoms with Gasteiger partial charge in [-0.25, -0.2) is 8.98 Å². The Morgan fingerprint density at radius 2 is 1.71 bits per heavy atom. The van der Waals surface area contributed by atoms with Crippen molar-refractivity contribution < 1.29 is 41.9 Å². The molecule has 1 fully saturated rings. The van der Waals surface area contributed by atoms with Gasteiger partial charge in [0.15, 0.2) is 5.60 Å². The lowest BCUT2D eigenvalue weighted by atomic mass is 9.67. The molecule has 0 aromatic carbocycles. The van der Waals surface area contributed by atoms with Crippen LogP contribution in [0.3, 0.4) is 0 Å². The number of ether oxygens (including phenoxy) is 1. The Labute approximate surface area is 183 Å². The number of aliphatic hydroxyl groups is 1. The standard InChI is InChI=1S/C20H35NO9S/c1-14(22)21-11-8-12-31(27,28)30-18(29-15(2)23)19(3,4)20(26,17(24)25)13-16-9-6-5-7-10-16/h16,18,26H,5-13H2,1-4H3,(H,21,22)(H,24,25)/t18?,20-/m0/s1. The summed E-state index contributed by atoms with van der Waals surface area (Å²) in [7, 11) is -4.26. The van der Waals surface area contributed by atoms with Crippen molar-refractivity contribution in [1.29, 1.82) is 0 Å². The Balaban J connectivity index is 3.09. The van der Waals surface area contributed by atoms with Gasteiger partial charge >= 0.3 is 11.9 Å². The van der Waals surface area contributed by atoms with Gasteiger partial charge in [0.2, 0.25) is 12.2 Å². The van der Waals surface area contributed by atoms with E-state index in [9.17, 15) is 33.0 Å². The zero-order chi connectivity index (χ0) is 23.9. The predicted molar refractivity (Wildman–Crippen MR) is 111 cm³/mol. The van der Waals surface area contributed by atoms with Crippen molar-refractivity contribution in [3.05, 3.63) is 0 Å². The molecule has 1 aliphatic carbocycles. The number of esters is 1. The lowest BCUT2D eigenvalue weighted by molar-refractivity contribution is -0.225. The summed E-state index contributed by atoms with van der Waals surface area (Å²) in [4.78, 5) is 34.7. The van der Waals surface area contributed by atoms with Gasteiger partial charge in [-0.2, -0.15) is 8.42 Å². The van der Waals surface area contributed by atoms with Gasteiger partial charge in [0.1, 0.15) is 0 Å². The quantitative estimate of drug-likeness (QED) is 0.168. The van der Waals surface area contributed by atoms with Gasteiger partial charge in [0, 0.05) is 20.4 Å². The average molecular weight is 466 g/mol. The highest BCUT2D eigenvalue weighted by Gasteiger charge is 2.58. The molecule has 0 aromatic rings. The number of aliphatic carboxylic acids is 1. The Morgan fingerprint density at radius 1 is 1.13 bits per heavy atom. The molecule has 1 unspecified atom stereocenters. The third kappa shape index (κ3) is 8.04. The van der Waals surface area contributed by atoms with E-state index >= 15 is 0 Å². The molecule has 0 saturated heterocycles. The number of nitrogens with one attached hydrogen (secondary N) is 1. The molecule has 1 aliphatic rings. The lowest BCUT2D eigenvalue weighted by Crippen LogP contribution is -2.59. The fourth-order valence-corrected chi connectivity index (χ4v) is 4.90. The van der Waals surface area contributed by atoms with Crippen molar-refractivity contribution in [2.24, 2.45) is 11.3 Å². The molecule has 2 atom stereocenters. The van der Waals surface area contributed by atoms with Crippen LogP contribution in [0, 0.1) is 11.3 Å². The number of amides is 1. The number of rotatable bonds is 12. The molecule has 31 heavy (non-hydrogen) atoms. The second-order valence-electron chi connectivity index (χ2n) is 8.73. The molecular weight excluding hydrogens is 430 g/mol. The minimum atomic E-state index is -4.26. The fraction of sp³-hybridized carbons (Fsp3) is 0.850. The molecule has 0 aliphatic heterocycles. The van der Waals surface area contributed by atoms with Crippen molar-refractivity contribution in [2.75, 3.05) is 12.3 Å². The molecular formula is C20H35NO9S. The van der Waals surface area contributed by atoms with E-state index in [0.717, 1.165) is 39.0 Å². The predicted octanol–water partition coefficient (Wildman–Crippen LogP) is 1.56. The molecule has 1 saturated carbocycles. The van der Waals surface area contributed by atoms with E-state index in [1.54, 1.807) is 0 Å². The normalized spacial score (nSPS) is 18.6. The second-order valence-corrected chi connectivity index (χ2v) is 10.4. The monoisotopic (exact) mass is 465 g/mol. The first-order valence-electron chi connectivity index (χ1n) is 10.5. The van der Waals surface area contributed by atoms with E-state index in [-0.39, 0.29) is 31.2 Å². The Kier molecular flexibility index (Phi) is 9.90. The van der Waals surface area contributed by atoms with Gasteiger partial charge in [-0.05, 0) is 18.8 Å². The molecule has 1 rings (SSSR count). The van der Waals surface area contributed by atoms with Crippen molar-refractivity contribution >= 4 is 28.0 Å². The highest BCUT2D eigenvalue weighted by atomic mass is 32.2. The van der Waals surface area contributed by atoms with Crippen LogP contribution in [0.5, 0.6) is 0 Å². The summed E-state index contributed by atoms with van der Waals surface area (Å²) < 4.78 is 35.0. The van der Waals surface area contributed by atoms with Crippen LogP contribution in [0.15, 0.2) is 0 Å². The SMILES string of the molecule is CC(=O)NCCCS(=O)(=O)OC(OC(C)=O)C(C)(C)[C@](O)(CC1CCCCC1)C(=O)O. The first kappa shape index (κ1) is 27.3. The van der Waals surface area contributed by atoms with Gasteiger partial charge in [-0.3, -0.25) is 9.59 Å². The van der Waals surface area contributed by atoms with Crippen LogP contribution in [-0.4, -0.2) is 60.7 Å². The second kappa shape index (κ2) is 11.2. The van der Waals surface area contributed by atoms with E-state index in [2.05, 4.69) is 5.32 Å². The molecule has 0 heterocycles. The summed E-state index contributed by atoms with van der Waals surface area (Å²) in [6.45, 7) is 5.05. The molecule has 3 N–H and O–H groups in total. The number of carboxylic acid groups (broad SMARTS) is 1. The Bertz CT molecular complexity index is 744. The van der Waals surface area contributed by atoms with Crippen molar-refractivity contribution in [2.45, 2.75) is 84.5 Å². The van der Waals surface area contributed by atoms with Crippen LogP contribution in [0.2, 0.25) is 0 Å². The summed E-state index contributed by atoms with van der Waals surface area (Å²) in [5, 5.41) is 23.5. The van der Waals surface area contributed by atoms with Crippen LogP contribution >= 0.6 is 0 Å². The molecule has 1 amide bonds. The van der Waals surface area contributed by atoms with Crippen molar-refractivity contribution in [1.82, 2.24) is 5.32 Å². The largest absolute Gasteiger partial charge is 0.479 e. The average Bonchev–Trinajstić information content (AvgIpc) is 2.64. The molecule has 180 valence electrons. The zero-order valence-corrected chi connectivity index (χ0v) is 19.5. The fourth-order valence-electron chi connectivity index (χ4n) is 3.76. The van der Waals surface area contributed by atoms with Crippen LogP contribution in [0.25, 0.3) is 0 Å². The molecule has 0 aromatic heterocycles. The summed E-state index contributed by atoms with van der Waals surface area (Å²) in [5.74, 6) is -3.27. The number of carbonyl (C=O) groups is 3. The number of carboxylic acids is 1. The van der Waals surface area contributed by atoms with E-state index in [0.29, 0.717) is 0 Å². The van der Waals surface area contributed by atoms with E-state index in [1.165, 1.54) is 20.8 Å². The van der Waals surface area contributed by atoms with Gasteiger partial charge < -0.3 is 20.3 Å². The highest BCUT2D eigenvalue weighted by Crippen LogP contribution is 2.44. The van der Waals surface area contributed by atoms with Gasteiger partial charge in [-0.1, -0.05) is 46.0 Å². The van der Waals surface area contributed by atoms with E-state index in [4.69, 9.17) is 8.92 Å². The van der Waals surface area contributed by atoms with Gasteiger partial charge in [0.25, 0.3) is 10.1 Å². The topological polar surface area (TPSA) is 156 Å². The van der Waals surface area contributed by atoms with Crippen molar-refractivity contribution in [3.8, 4) is 0 Å². The van der Waals surface area contributed by atoms with Gasteiger partial charge in [-0.15, -0.1) is 0 Å². The van der Waals surface area contributed by atoms with Crippen LogP contribution in [0.1, 0.15) is 72.6 Å². The summed E-state index contributed by atoms with van der Waals surface area (Å²) in [6, 6.07) is 0. The third-order valence-corrected chi connectivity index (χ3v) is 7.03. The van der Waals surface area contributed by atoms with Crippen molar-refractivity contribution in [3.63, 3.8) is 0 Å². The maximum absolute atomic E-state index is 12.4. The summed E-state index contributed by atoms with van der Waals surface area (Å²) >= 11 is 0. The van der Waals surface area contributed by atoms with E-state index in [1.807, 2.05) is 0 Å². The van der Waals surface area contributed by atoms with E-state index < -0.39 is 45.1 Å². The summed E-state index contributed by atoms with van der Waals surface area (Å²) in [5.41, 5.74) is -4.17. The molecule has 10 nitrogen and oxygen atoms in total. The molecule has 0 bridgehead atoms. The number of hydrogen-bond acceptors (Lipinski definition) is 8. The maximum Gasteiger partial charge on any atom is 0.336 e. The minimum absolute atomic E-state index is 0.0421. The van der Waals surface area contributed by atoms with Crippen LogP contribution in [-0.2, 0) is 33.4 Å². The first-order chi connectivity index (χ1) is 14.2. The summed E-state index contributed by atoms with van der Waals surface area (Å²) in [6.07, 6.45) is 2.49. The lowest BCUT2D eigenvalue weighted by Gasteiger charge is -2.44.